The molecule has 0 unspecified atom stereocenters. The number of aromatic nitrogens is 2. The number of anilines is 1. The van der Waals surface area contributed by atoms with Crippen molar-refractivity contribution in [1.29, 1.82) is 0 Å². The smallest absolute Gasteiger partial charge is 0.274 e. The fraction of sp³-hybridized carbons (Fsp3) is 0.150. The number of hydrogen-bond acceptors (Lipinski definition) is 4. The van der Waals surface area contributed by atoms with Crippen LogP contribution in [-0.4, -0.2) is 15.7 Å². The van der Waals surface area contributed by atoms with Crippen molar-refractivity contribution in [3.8, 4) is 0 Å². The molecule has 0 spiro atoms. The SMILES string of the molecule is Cc1coc2ccc(NC(=O)Cc3nn(C)c(=O)c4ccccc34)cc12. The van der Waals surface area contributed by atoms with E-state index in [0.717, 1.165) is 16.5 Å². The van der Waals surface area contributed by atoms with E-state index < -0.39 is 0 Å². The normalized spacial score (nSPS) is 11.2. The van der Waals surface area contributed by atoms with Gasteiger partial charge < -0.3 is 9.73 Å². The number of fused-ring (bicyclic) bond motifs is 2. The van der Waals surface area contributed by atoms with Crippen LogP contribution in [0, 0.1) is 6.92 Å². The number of hydrogen-bond donors (Lipinski definition) is 1. The summed E-state index contributed by atoms with van der Waals surface area (Å²) in [5, 5.41) is 9.38. The third-order valence-electron chi connectivity index (χ3n) is 4.41. The molecule has 26 heavy (non-hydrogen) atoms. The molecular formula is C20H17N3O3. The van der Waals surface area contributed by atoms with Crippen molar-refractivity contribution in [1.82, 2.24) is 9.78 Å². The molecule has 0 aliphatic heterocycles. The van der Waals surface area contributed by atoms with E-state index >= 15 is 0 Å². The Labute approximate surface area is 149 Å². The Hall–Kier alpha value is -3.41. The second kappa shape index (κ2) is 6.15. The molecule has 4 rings (SSSR count). The first kappa shape index (κ1) is 16.1. The maximum Gasteiger partial charge on any atom is 0.274 e. The number of rotatable bonds is 3. The first-order valence-electron chi connectivity index (χ1n) is 8.25. The summed E-state index contributed by atoms with van der Waals surface area (Å²) in [7, 11) is 1.59. The van der Waals surface area contributed by atoms with Crippen molar-refractivity contribution in [2.45, 2.75) is 13.3 Å². The van der Waals surface area contributed by atoms with Crippen molar-refractivity contribution in [2.24, 2.45) is 7.05 Å². The van der Waals surface area contributed by atoms with Gasteiger partial charge in [0, 0.05) is 23.5 Å². The average molecular weight is 347 g/mol. The summed E-state index contributed by atoms with van der Waals surface area (Å²) in [5.74, 6) is -0.193. The molecule has 0 saturated carbocycles. The van der Waals surface area contributed by atoms with Crippen LogP contribution in [-0.2, 0) is 18.3 Å². The van der Waals surface area contributed by atoms with Crippen LogP contribution < -0.4 is 10.9 Å². The summed E-state index contributed by atoms with van der Waals surface area (Å²) >= 11 is 0. The number of nitrogens with one attached hydrogen (secondary N) is 1. The third-order valence-corrected chi connectivity index (χ3v) is 4.41. The lowest BCUT2D eigenvalue weighted by Crippen LogP contribution is -2.24. The quantitative estimate of drug-likeness (QED) is 0.617. The van der Waals surface area contributed by atoms with Gasteiger partial charge in [0.15, 0.2) is 0 Å². The van der Waals surface area contributed by atoms with E-state index in [0.29, 0.717) is 22.2 Å². The molecule has 0 aliphatic rings. The Bertz CT molecular complexity index is 1200. The summed E-state index contributed by atoms with van der Waals surface area (Å²) in [6.07, 6.45) is 1.77. The highest BCUT2D eigenvalue weighted by Crippen LogP contribution is 2.24. The van der Waals surface area contributed by atoms with Crippen molar-refractivity contribution in [3.05, 3.63) is 70.3 Å². The minimum atomic E-state index is -0.193. The van der Waals surface area contributed by atoms with E-state index in [1.54, 1.807) is 31.5 Å². The van der Waals surface area contributed by atoms with Gasteiger partial charge in [-0.25, -0.2) is 4.68 Å². The van der Waals surface area contributed by atoms with E-state index in [9.17, 15) is 9.59 Å². The molecule has 0 atom stereocenters. The lowest BCUT2D eigenvalue weighted by atomic mass is 10.1. The minimum absolute atomic E-state index is 0.0804. The van der Waals surface area contributed by atoms with Crippen LogP contribution in [0.5, 0.6) is 0 Å². The Morgan fingerprint density at radius 1 is 1.15 bits per heavy atom. The van der Waals surface area contributed by atoms with Crippen molar-refractivity contribution in [3.63, 3.8) is 0 Å². The molecule has 0 radical (unpaired) electrons. The predicted molar refractivity (Wildman–Crippen MR) is 100 cm³/mol. The minimum Gasteiger partial charge on any atom is -0.464 e. The van der Waals surface area contributed by atoms with Crippen LogP contribution in [0.2, 0.25) is 0 Å². The van der Waals surface area contributed by atoms with Gasteiger partial charge in [-0.15, -0.1) is 0 Å². The van der Waals surface area contributed by atoms with Gasteiger partial charge in [0.2, 0.25) is 5.91 Å². The van der Waals surface area contributed by atoms with Crippen LogP contribution in [0.15, 0.2) is 57.9 Å². The van der Waals surface area contributed by atoms with E-state index in [1.807, 2.05) is 31.2 Å². The number of aryl methyl sites for hydroxylation is 2. The lowest BCUT2D eigenvalue weighted by molar-refractivity contribution is -0.115. The Balaban J connectivity index is 1.64. The molecule has 4 aromatic rings. The number of carbonyl (C=O) groups is 1. The molecule has 0 fully saturated rings. The molecule has 2 heterocycles. The summed E-state index contributed by atoms with van der Waals surface area (Å²) in [5.41, 5.74) is 2.89. The molecule has 2 aromatic heterocycles. The predicted octanol–water partition coefficient (Wildman–Crippen LogP) is 3.17. The highest BCUT2D eigenvalue weighted by atomic mass is 16.3. The van der Waals surface area contributed by atoms with Gasteiger partial charge in [0.05, 0.1) is 23.8 Å². The Morgan fingerprint density at radius 2 is 1.92 bits per heavy atom. The second-order valence-corrected chi connectivity index (χ2v) is 6.28. The summed E-state index contributed by atoms with van der Waals surface area (Å²) in [6.45, 7) is 1.96. The van der Waals surface area contributed by atoms with Crippen molar-refractivity contribution >= 4 is 33.3 Å². The van der Waals surface area contributed by atoms with E-state index in [4.69, 9.17) is 4.42 Å². The summed E-state index contributed by atoms with van der Waals surface area (Å²) < 4.78 is 6.69. The Kier molecular flexibility index (Phi) is 3.80. The zero-order valence-electron chi connectivity index (χ0n) is 14.4. The van der Waals surface area contributed by atoms with Gasteiger partial charge in [-0.2, -0.15) is 5.10 Å². The molecule has 1 N–H and O–H groups in total. The van der Waals surface area contributed by atoms with Crippen LogP contribution in [0.3, 0.4) is 0 Å². The van der Waals surface area contributed by atoms with Gasteiger partial charge in [-0.1, -0.05) is 18.2 Å². The van der Waals surface area contributed by atoms with Crippen LogP contribution in [0.1, 0.15) is 11.3 Å². The van der Waals surface area contributed by atoms with Gasteiger partial charge >= 0.3 is 0 Å². The van der Waals surface area contributed by atoms with Crippen molar-refractivity contribution in [2.75, 3.05) is 5.32 Å². The summed E-state index contributed by atoms with van der Waals surface area (Å²) in [4.78, 5) is 24.7. The number of carbonyl (C=O) groups excluding carboxylic acids is 1. The fourth-order valence-electron chi connectivity index (χ4n) is 3.10. The topological polar surface area (TPSA) is 77.1 Å². The van der Waals surface area contributed by atoms with E-state index in [1.165, 1.54) is 4.68 Å². The van der Waals surface area contributed by atoms with Crippen LogP contribution in [0.25, 0.3) is 21.7 Å². The van der Waals surface area contributed by atoms with Gasteiger partial charge in [0.25, 0.3) is 5.56 Å². The number of nitrogens with zero attached hydrogens (tertiary/aromatic N) is 2. The molecule has 6 nitrogen and oxygen atoms in total. The zero-order valence-corrected chi connectivity index (χ0v) is 14.4. The van der Waals surface area contributed by atoms with E-state index in [2.05, 4.69) is 10.4 Å². The van der Waals surface area contributed by atoms with E-state index in [-0.39, 0.29) is 17.9 Å². The van der Waals surface area contributed by atoms with Crippen LogP contribution in [0.4, 0.5) is 5.69 Å². The maximum absolute atomic E-state index is 12.5. The van der Waals surface area contributed by atoms with Crippen molar-refractivity contribution < 1.29 is 9.21 Å². The second-order valence-electron chi connectivity index (χ2n) is 6.28. The number of amides is 1. The summed E-state index contributed by atoms with van der Waals surface area (Å²) in [6, 6.07) is 12.7. The molecule has 6 heteroatoms. The zero-order chi connectivity index (χ0) is 18.3. The molecule has 130 valence electrons. The van der Waals surface area contributed by atoms with Gasteiger partial charge in [0.1, 0.15) is 5.58 Å². The van der Waals surface area contributed by atoms with Gasteiger partial charge in [-0.05, 0) is 36.8 Å². The first-order valence-corrected chi connectivity index (χ1v) is 8.25. The first-order chi connectivity index (χ1) is 12.5. The van der Waals surface area contributed by atoms with Crippen LogP contribution >= 0.6 is 0 Å². The molecule has 0 bridgehead atoms. The largest absolute Gasteiger partial charge is 0.464 e. The maximum atomic E-state index is 12.5. The highest BCUT2D eigenvalue weighted by Gasteiger charge is 2.13. The average Bonchev–Trinajstić information content (AvgIpc) is 3.00. The Morgan fingerprint density at radius 3 is 2.73 bits per heavy atom. The molecule has 2 aromatic carbocycles. The standard InChI is InChI=1S/C20H17N3O3/c1-12-11-26-18-8-7-13(9-16(12)18)21-19(24)10-17-14-5-3-4-6-15(14)20(25)23(2)22-17/h3-9,11H,10H2,1-2H3,(H,21,24). The molecule has 0 saturated heterocycles. The number of furan rings is 1. The fourth-order valence-corrected chi connectivity index (χ4v) is 3.10. The lowest BCUT2D eigenvalue weighted by Gasteiger charge is -2.09. The molecule has 1 amide bonds. The van der Waals surface area contributed by atoms with Gasteiger partial charge in [-0.3, -0.25) is 9.59 Å². The molecular weight excluding hydrogens is 330 g/mol. The highest BCUT2D eigenvalue weighted by molar-refractivity contribution is 5.97. The monoisotopic (exact) mass is 347 g/mol. The molecule has 0 aliphatic carbocycles. The number of benzene rings is 2. The third kappa shape index (κ3) is 2.75.